The van der Waals surface area contributed by atoms with Crippen LogP contribution in [0.2, 0.25) is 0 Å². The fourth-order valence-electron chi connectivity index (χ4n) is 8.41. The van der Waals surface area contributed by atoms with Gasteiger partial charge in [-0.25, -0.2) is 43.1 Å². The summed E-state index contributed by atoms with van der Waals surface area (Å²) in [5.74, 6) is -1.56. The summed E-state index contributed by atoms with van der Waals surface area (Å²) in [5.41, 5.74) is 5.98. The number of pyridine rings is 4. The lowest BCUT2D eigenvalue weighted by Crippen LogP contribution is -2.48. The van der Waals surface area contributed by atoms with Crippen LogP contribution in [0.3, 0.4) is 0 Å². The number of anilines is 6. The van der Waals surface area contributed by atoms with Crippen LogP contribution in [-0.2, 0) is 28.4 Å². The van der Waals surface area contributed by atoms with Gasteiger partial charge in [0, 0.05) is 68.9 Å². The number of carbonyl (C=O) groups is 3. The van der Waals surface area contributed by atoms with Crippen molar-refractivity contribution < 1.29 is 61.1 Å². The molecular formula is C45H54F2N10O11. The molecule has 0 spiro atoms. The Morgan fingerprint density at radius 3 is 1.97 bits per heavy atom. The molecular weight excluding hydrogens is 895 g/mol. The van der Waals surface area contributed by atoms with E-state index < -0.39 is 46.9 Å². The normalized spacial score (nSPS) is 22.0. The zero-order valence-corrected chi connectivity index (χ0v) is 38.5. The number of hydrogen-bond acceptors (Lipinski definition) is 19. The average molecular weight is 949 g/mol. The maximum absolute atomic E-state index is 14.5. The van der Waals surface area contributed by atoms with Gasteiger partial charge in [-0.2, -0.15) is 0 Å². The van der Waals surface area contributed by atoms with Gasteiger partial charge in [0.1, 0.15) is 48.6 Å². The third kappa shape index (κ3) is 11.0. The molecule has 6 aliphatic heterocycles. The SMILES string of the molecule is CC1(C)OC[C@H](COc2ccnc(N)c2)O1.COC(=O)c1nc2c(cc1F)N1CC[C@@H](C1)N2.COC(=O)c1nc2c(cc1F)N1CC[C@@H](C1)N2C(=O)Nc1cc(OC[C@H]2COC(C)(C)O2)ccn1. The number of halogens is 2. The quantitative estimate of drug-likeness (QED) is 0.192. The third-order valence-electron chi connectivity index (χ3n) is 11.6. The van der Waals surface area contributed by atoms with E-state index in [-0.39, 0.29) is 42.2 Å². The van der Waals surface area contributed by atoms with Gasteiger partial charge in [0.05, 0.1) is 44.8 Å². The number of nitrogens with two attached hydrogens (primary N) is 1. The Morgan fingerprint density at radius 1 is 0.794 bits per heavy atom. The minimum Gasteiger partial charge on any atom is -0.491 e. The van der Waals surface area contributed by atoms with Crippen LogP contribution in [-0.4, -0.2) is 141 Å². The summed E-state index contributed by atoms with van der Waals surface area (Å²) in [7, 11) is 2.36. The first-order chi connectivity index (χ1) is 32.5. The topological polar surface area (TPSA) is 236 Å². The van der Waals surface area contributed by atoms with E-state index in [1.165, 1.54) is 30.3 Å². The van der Waals surface area contributed by atoms with Crippen LogP contribution < -0.4 is 40.5 Å². The van der Waals surface area contributed by atoms with E-state index in [0.717, 1.165) is 32.3 Å². The van der Waals surface area contributed by atoms with Crippen molar-refractivity contribution in [3.63, 3.8) is 0 Å². The molecule has 4 saturated heterocycles. The highest BCUT2D eigenvalue weighted by atomic mass is 19.1. The zero-order chi connectivity index (χ0) is 48.3. The monoisotopic (exact) mass is 948 g/mol. The first kappa shape index (κ1) is 47.8. The number of ether oxygens (including phenoxy) is 8. The molecule has 4 aromatic heterocycles. The summed E-state index contributed by atoms with van der Waals surface area (Å²) in [6.07, 6.45) is 4.57. The Morgan fingerprint density at radius 2 is 1.37 bits per heavy atom. The molecule has 2 amide bonds. The fraction of sp³-hybridized carbons (Fsp3) is 0.489. The van der Waals surface area contributed by atoms with Crippen molar-refractivity contribution in [2.24, 2.45) is 0 Å². The van der Waals surface area contributed by atoms with Crippen molar-refractivity contribution in [1.29, 1.82) is 0 Å². The molecule has 23 heteroatoms. The highest BCUT2D eigenvalue weighted by molar-refractivity contribution is 6.04. The minimum atomic E-state index is -0.912. The van der Waals surface area contributed by atoms with E-state index in [1.807, 2.05) is 32.6 Å². The van der Waals surface area contributed by atoms with Crippen molar-refractivity contribution >= 4 is 52.6 Å². The largest absolute Gasteiger partial charge is 0.491 e. The van der Waals surface area contributed by atoms with Crippen molar-refractivity contribution in [2.45, 2.75) is 76.4 Å². The molecule has 4 atom stereocenters. The first-order valence-corrected chi connectivity index (χ1v) is 22.0. The van der Waals surface area contributed by atoms with Crippen LogP contribution in [0, 0.1) is 11.6 Å². The second kappa shape index (κ2) is 19.9. The number of nitrogen functional groups attached to an aromatic ring is 1. The van der Waals surface area contributed by atoms with Crippen LogP contribution in [0.15, 0.2) is 48.8 Å². The number of hydrogen-bond donors (Lipinski definition) is 3. The Balaban J connectivity index is 0.000000157. The number of aromatic nitrogens is 4. The number of nitrogens with zero attached hydrogens (tertiary/aromatic N) is 7. The van der Waals surface area contributed by atoms with Gasteiger partial charge < -0.3 is 58.7 Å². The van der Waals surface area contributed by atoms with Crippen molar-refractivity contribution in [3.8, 4) is 11.5 Å². The van der Waals surface area contributed by atoms with Crippen LogP contribution >= 0.6 is 0 Å². The second-order valence-corrected chi connectivity index (χ2v) is 17.4. The molecule has 4 N–H and O–H groups in total. The lowest BCUT2D eigenvalue weighted by atomic mass is 10.1. The van der Waals surface area contributed by atoms with E-state index in [4.69, 9.17) is 34.2 Å². The number of fused-ring (bicyclic) bond motifs is 8. The summed E-state index contributed by atoms with van der Waals surface area (Å²) in [4.78, 5) is 58.4. The molecule has 4 aromatic rings. The molecule has 10 rings (SSSR count). The van der Waals surface area contributed by atoms with E-state index in [0.29, 0.717) is 74.2 Å². The number of methoxy groups -OCH3 is 2. The first-order valence-electron chi connectivity index (χ1n) is 22.0. The lowest BCUT2D eigenvalue weighted by Gasteiger charge is -2.35. The van der Waals surface area contributed by atoms with Crippen molar-refractivity contribution in [2.75, 3.05) is 97.9 Å². The molecule has 0 radical (unpaired) electrons. The van der Waals surface area contributed by atoms with Gasteiger partial charge in [0.2, 0.25) is 0 Å². The molecule has 0 aromatic carbocycles. The fourth-order valence-corrected chi connectivity index (χ4v) is 8.41. The highest BCUT2D eigenvalue weighted by Crippen LogP contribution is 2.40. The van der Waals surface area contributed by atoms with Crippen molar-refractivity contribution in [3.05, 3.63) is 71.8 Å². The molecule has 6 aliphatic rings. The van der Waals surface area contributed by atoms with Crippen LogP contribution in [0.5, 0.6) is 11.5 Å². The average Bonchev–Trinajstić information content (AvgIpc) is 4.10. The summed E-state index contributed by atoms with van der Waals surface area (Å²) in [6, 6.07) is 8.95. The van der Waals surface area contributed by atoms with Gasteiger partial charge in [-0.15, -0.1) is 0 Å². The van der Waals surface area contributed by atoms with Gasteiger partial charge in [-0.05, 0) is 52.7 Å². The molecule has 364 valence electrons. The highest BCUT2D eigenvalue weighted by Gasteiger charge is 2.42. The Labute approximate surface area is 390 Å². The molecule has 21 nitrogen and oxygen atoms in total. The van der Waals surface area contributed by atoms with Gasteiger partial charge >= 0.3 is 18.0 Å². The smallest absolute Gasteiger partial charge is 0.359 e. The number of amides is 2. The maximum atomic E-state index is 14.5. The van der Waals surface area contributed by atoms with Gasteiger partial charge in [-0.3, -0.25) is 10.2 Å². The predicted octanol–water partition coefficient (Wildman–Crippen LogP) is 4.77. The van der Waals surface area contributed by atoms with Crippen LogP contribution in [0.1, 0.15) is 61.5 Å². The number of carbonyl (C=O) groups excluding carboxylic acids is 3. The summed E-state index contributed by atoms with van der Waals surface area (Å²) < 4.78 is 71.0. The molecule has 10 heterocycles. The maximum Gasteiger partial charge on any atom is 0.359 e. The zero-order valence-electron chi connectivity index (χ0n) is 38.5. The third-order valence-corrected chi connectivity index (χ3v) is 11.6. The van der Waals surface area contributed by atoms with Gasteiger partial charge in [0.25, 0.3) is 0 Å². The van der Waals surface area contributed by atoms with Crippen molar-refractivity contribution in [1.82, 2.24) is 19.9 Å². The Hall–Kier alpha value is -6.69. The van der Waals surface area contributed by atoms with E-state index in [1.54, 1.807) is 30.5 Å². The standard InChI is InChI=1S/C23H26FN5O6.C11H12FN3O2.C11H16N2O3/c1-23(2)34-12-15(35-23)11-33-14-4-6-25-18(8-14)26-22(31)29-13-5-7-28(10-13)17-9-16(24)19(21(30)32-3)27-20(17)29;1-17-11(16)9-7(12)4-8-10(14-9)13-6-2-3-15(8)5-6;1-11(2)15-7-9(16-11)6-14-8-3-4-13-10(12)5-8/h4,6,8-9,13,15H,5,7,10-12H2,1-3H3,(H,25,26,31);4,6H,2-3,5H2,1H3,(H,13,14);3-5,9H,6-7H2,1-2H3,(H2,12,13)/t13-,15-;6-;9-/m000/s1. The Bertz CT molecular complexity index is 2520. The van der Waals surface area contributed by atoms with Gasteiger partial charge in [0.15, 0.2) is 46.2 Å². The van der Waals surface area contributed by atoms with E-state index in [2.05, 4.69) is 44.9 Å². The summed E-state index contributed by atoms with van der Waals surface area (Å²) >= 11 is 0. The molecule has 0 saturated carbocycles. The van der Waals surface area contributed by atoms with Gasteiger partial charge in [-0.1, -0.05) is 0 Å². The predicted molar refractivity (Wildman–Crippen MR) is 241 cm³/mol. The molecule has 4 bridgehead atoms. The van der Waals surface area contributed by atoms with E-state index in [9.17, 15) is 23.2 Å². The molecule has 0 unspecified atom stereocenters. The molecule has 68 heavy (non-hydrogen) atoms. The van der Waals surface area contributed by atoms with Crippen LogP contribution in [0.4, 0.5) is 48.2 Å². The summed E-state index contributed by atoms with van der Waals surface area (Å²) in [5, 5.41) is 5.97. The number of rotatable bonds is 9. The number of nitrogens with one attached hydrogen (secondary N) is 2. The van der Waals surface area contributed by atoms with E-state index >= 15 is 0 Å². The summed E-state index contributed by atoms with van der Waals surface area (Å²) in [6.45, 7) is 12.1. The number of esters is 2. The lowest BCUT2D eigenvalue weighted by molar-refractivity contribution is -0.141. The van der Waals surface area contributed by atoms with Crippen LogP contribution in [0.25, 0.3) is 0 Å². The second-order valence-electron chi connectivity index (χ2n) is 17.4. The molecule has 4 fully saturated rings. The number of urea groups is 1. The minimum absolute atomic E-state index is 0.0376. The Kier molecular flexibility index (Phi) is 14.0. The molecule has 0 aliphatic carbocycles.